The van der Waals surface area contributed by atoms with E-state index in [1.807, 2.05) is 24.0 Å². The van der Waals surface area contributed by atoms with Gasteiger partial charge in [0.2, 0.25) is 0 Å². The van der Waals surface area contributed by atoms with E-state index in [1.54, 1.807) is 11.1 Å². The number of aromatic nitrogens is 2. The molecule has 6 nitrogen and oxygen atoms in total. The number of likely N-dealkylation sites (N-methyl/N-ethyl adjacent to an activating group) is 1. The van der Waals surface area contributed by atoms with Crippen molar-refractivity contribution in [2.24, 2.45) is 11.8 Å². The first-order valence-corrected chi connectivity index (χ1v) is 8.23. The summed E-state index contributed by atoms with van der Waals surface area (Å²) in [5, 5.41) is 7.14. The highest BCUT2D eigenvalue weighted by Gasteiger charge is 2.21. The van der Waals surface area contributed by atoms with E-state index in [-0.39, 0.29) is 6.03 Å². The monoisotopic (exact) mass is 307 g/mol. The number of piperidine rings is 1. The highest BCUT2D eigenvalue weighted by Crippen LogP contribution is 2.20. The SMILES string of the molecule is CC1CC(C)CN(CCNC(=O)N(C)CCn2cccn2)C1. The van der Waals surface area contributed by atoms with Gasteiger partial charge in [-0.1, -0.05) is 13.8 Å². The topological polar surface area (TPSA) is 53.4 Å². The molecule has 2 unspecified atom stereocenters. The first-order chi connectivity index (χ1) is 10.5. The largest absolute Gasteiger partial charge is 0.337 e. The van der Waals surface area contributed by atoms with E-state index in [0.717, 1.165) is 38.0 Å². The summed E-state index contributed by atoms with van der Waals surface area (Å²) >= 11 is 0. The van der Waals surface area contributed by atoms with Crippen molar-refractivity contribution in [2.45, 2.75) is 26.8 Å². The van der Waals surface area contributed by atoms with Crippen LogP contribution in [0, 0.1) is 11.8 Å². The maximum atomic E-state index is 12.0. The van der Waals surface area contributed by atoms with Gasteiger partial charge in [-0.3, -0.25) is 4.68 Å². The van der Waals surface area contributed by atoms with E-state index in [9.17, 15) is 4.79 Å². The van der Waals surface area contributed by atoms with E-state index in [0.29, 0.717) is 13.1 Å². The number of nitrogens with zero attached hydrogens (tertiary/aromatic N) is 4. The molecule has 2 amide bonds. The lowest BCUT2D eigenvalue weighted by Crippen LogP contribution is -2.45. The van der Waals surface area contributed by atoms with Gasteiger partial charge in [0, 0.05) is 52.2 Å². The van der Waals surface area contributed by atoms with Crippen molar-refractivity contribution >= 4 is 6.03 Å². The molecule has 124 valence electrons. The smallest absolute Gasteiger partial charge is 0.317 e. The second-order valence-electron chi connectivity index (χ2n) is 6.63. The molecule has 6 heteroatoms. The van der Waals surface area contributed by atoms with Crippen LogP contribution in [0.4, 0.5) is 4.79 Å². The average molecular weight is 307 g/mol. The third kappa shape index (κ3) is 5.33. The first kappa shape index (κ1) is 16.8. The number of rotatable bonds is 6. The average Bonchev–Trinajstić information content (AvgIpc) is 2.96. The molecule has 1 saturated heterocycles. The van der Waals surface area contributed by atoms with E-state index >= 15 is 0 Å². The van der Waals surface area contributed by atoms with Crippen LogP contribution in [0.1, 0.15) is 20.3 Å². The maximum Gasteiger partial charge on any atom is 0.317 e. The normalized spacial score (nSPS) is 22.5. The van der Waals surface area contributed by atoms with Crippen LogP contribution < -0.4 is 5.32 Å². The van der Waals surface area contributed by atoms with Crippen LogP contribution in [0.15, 0.2) is 18.5 Å². The summed E-state index contributed by atoms with van der Waals surface area (Å²) in [5.41, 5.74) is 0. The Hall–Kier alpha value is -1.56. The van der Waals surface area contributed by atoms with Crippen molar-refractivity contribution in [2.75, 3.05) is 39.8 Å². The van der Waals surface area contributed by atoms with Crippen LogP contribution in [0.2, 0.25) is 0 Å². The fourth-order valence-corrected chi connectivity index (χ4v) is 3.22. The minimum absolute atomic E-state index is 0.00902. The van der Waals surface area contributed by atoms with Crippen LogP contribution in [-0.2, 0) is 6.54 Å². The Morgan fingerprint density at radius 2 is 2.05 bits per heavy atom. The predicted molar refractivity (Wildman–Crippen MR) is 87.6 cm³/mol. The molecule has 0 aromatic carbocycles. The Morgan fingerprint density at radius 3 is 2.68 bits per heavy atom. The Morgan fingerprint density at radius 1 is 1.32 bits per heavy atom. The Balaban J connectivity index is 1.62. The molecule has 2 rings (SSSR count). The third-order valence-corrected chi connectivity index (χ3v) is 4.22. The lowest BCUT2D eigenvalue weighted by molar-refractivity contribution is 0.141. The summed E-state index contributed by atoms with van der Waals surface area (Å²) < 4.78 is 1.83. The zero-order valence-corrected chi connectivity index (χ0v) is 14.0. The van der Waals surface area contributed by atoms with Crippen LogP contribution in [-0.4, -0.2) is 65.4 Å². The van der Waals surface area contributed by atoms with Crippen LogP contribution in [0.3, 0.4) is 0 Å². The van der Waals surface area contributed by atoms with Gasteiger partial charge in [-0.15, -0.1) is 0 Å². The molecule has 1 N–H and O–H groups in total. The molecule has 0 bridgehead atoms. The van der Waals surface area contributed by atoms with Gasteiger partial charge in [0.1, 0.15) is 0 Å². The number of carbonyl (C=O) groups is 1. The minimum atomic E-state index is -0.00902. The molecule has 0 spiro atoms. The van der Waals surface area contributed by atoms with Crippen molar-refractivity contribution in [3.63, 3.8) is 0 Å². The summed E-state index contributed by atoms with van der Waals surface area (Å²) in [4.78, 5) is 16.2. The summed E-state index contributed by atoms with van der Waals surface area (Å²) in [6.45, 7) is 9.94. The molecule has 0 saturated carbocycles. The highest BCUT2D eigenvalue weighted by atomic mass is 16.2. The molecular weight excluding hydrogens is 278 g/mol. The molecule has 1 aromatic rings. The number of urea groups is 1. The molecule has 2 atom stereocenters. The fourth-order valence-electron chi connectivity index (χ4n) is 3.22. The molecule has 0 aliphatic carbocycles. The van der Waals surface area contributed by atoms with Gasteiger partial charge in [0.05, 0.1) is 6.54 Å². The predicted octanol–water partition coefficient (Wildman–Crippen LogP) is 1.50. The maximum absolute atomic E-state index is 12.0. The fraction of sp³-hybridized carbons (Fsp3) is 0.750. The molecule has 1 aliphatic heterocycles. The number of nitrogens with one attached hydrogen (secondary N) is 1. The van der Waals surface area contributed by atoms with E-state index in [2.05, 4.69) is 29.2 Å². The standard InChI is InChI=1S/C16H29N5O/c1-14-11-15(2)13-20(12-14)8-6-17-16(22)19(3)9-10-21-7-4-5-18-21/h4-5,7,14-15H,6,8-13H2,1-3H3,(H,17,22). The first-order valence-electron chi connectivity index (χ1n) is 8.23. The molecule has 22 heavy (non-hydrogen) atoms. The number of amides is 2. The molecule has 1 aromatic heterocycles. The van der Waals surface area contributed by atoms with Crippen molar-refractivity contribution in [3.8, 4) is 0 Å². The van der Waals surface area contributed by atoms with E-state index in [1.165, 1.54) is 6.42 Å². The van der Waals surface area contributed by atoms with Gasteiger partial charge in [0.15, 0.2) is 0 Å². The second-order valence-corrected chi connectivity index (χ2v) is 6.63. The Labute approximate surface area is 133 Å². The van der Waals surface area contributed by atoms with Gasteiger partial charge >= 0.3 is 6.03 Å². The summed E-state index contributed by atoms with van der Waals surface area (Å²) in [6, 6.07) is 1.88. The second kappa shape index (κ2) is 8.17. The van der Waals surface area contributed by atoms with E-state index in [4.69, 9.17) is 0 Å². The van der Waals surface area contributed by atoms with Crippen LogP contribution in [0.25, 0.3) is 0 Å². The molecule has 1 aliphatic rings. The van der Waals surface area contributed by atoms with Gasteiger partial charge in [-0.05, 0) is 24.3 Å². The number of carbonyl (C=O) groups excluding carboxylic acids is 1. The van der Waals surface area contributed by atoms with E-state index < -0.39 is 0 Å². The zero-order valence-electron chi connectivity index (χ0n) is 14.0. The lowest BCUT2D eigenvalue weighted by atomic mass is 9.92. The lowest BCUT2D eigenvalue weighted by Gasteiger charge is -2.35. The molecule has 2 heterocycles. The third-order valence-electron chi connectivity index (χ3n) is 4.22. The summed E-state index contributed by atoms with van der Waals surface area (Å²) in [5.74, 6) is 1.52. The van der Waals surface area contributed by atoms with Crippen molar-refractivity contribution in [1.82, 2.24) is 24.9 Å². The molecule has 0 radical (unpaired) electrons. The van der Waals surface area contributed by atoms with Crippen LogP contribution in [0.5, 0.6) is 0 Å². The van der Waals surface area contributed by atoms with Crippen LogP contribution >= 0.6 is 0 Å². The number of hydrogen-bond acceptors (Lipinski definition) is 3. The highest BCUT2D eigenvalue weighted by molar-refractivity contribution is 5.73. The zero-order chi connectivity index (χ0) is 15.9. The van der Waals surface area contributed by atoms with Crippen molar-refractivity contribution < 1.29 is 4.79 Å². The van der Waals surface area contributed by atoms with Crippen molar-refractivity contribution in [3.05, 3.63) is 18.5 Å². The summed E-state index contributed by atoms with van der Waals surface area (Å²) in [7, 11) is 1.82. The quantitative estimate of drug-likeness (QED) is 0.866. The minimum Gasteiger partial charge on any atom is -0.337 e. The number of hydrogen-bond donors (Lipinski definition) is 1. The Bertz CT molecular complexity index is 437. The molecule has 1 fully saturated rings. The van der Waals surface area contributed by atoms with Gasteiger partial charge in [0.25, 0.3) is 0 Å². The van der Waals surface area contributed by atoms with Gasteiger partial charge < -0.3 is 15.1 Å². The van der Waals surface area contributed by atoms with Crippen molar-refractivity contribution in [1.29, 1.82) is 0 Å². The molecular formula is C16H29N5O. The number of likely N-dealkylation sites (tertiary alicyclic amines) is 1. The van der Waals surface area contributed by atoms with Gasteiger partial charge in [-0.25, -0.2) is 4.79 Å². The Kier molecular flexibility index (Phi) is 6.24. The van der Waals surface area contributed by atoms with Gasteiger partial charge in [-0.2, -0.15) is 5.10 Å². The summed E-state index contributed by atoms with van der Waals surface area (Å²) in [6.07, 6.45) is 4.98.